The maximum atomic E-state index is 13.4. The van der Waals surface area contributed by atoms with Gasteiger partial charge in [-0.2, -0.15) is 8.78 Å². The van der Waals surface area contributed by atoms with Crippen molar-refractivity contribution >= 4 is 35.1 Å². The van der Waals surface area contributed by atoms with Crippen LogP contribution in [0.15, 0.2) is 48.5 Å². The molecule has 1 aliphatic rings. The number of alkyl halides is 2. The smallest absolute Gasteiger partial charge is 0.322 e. The maximum absolute atomic E-state index is 13.4. The molecule has 182 valence electrons. The third-order valence-electron chi connectivity index (χ3n) is 5.50. The molecule has 2 aromatic carbocycles. The van der Waals surface area contributed by atoms with E-state index in [1.807, 2.05) is 5.43 Å². The summed E-state index contributed by atoms with van der Waals surface area (Å²) in [5.41, 5.74) is 5.13. The summed E-state index contributed by atoms with van der Waals surface area (Å²) in [4.78, 5) is 42.1. The van der Waals surface area contributed by atoms with Crippen LogP contribution in [0.4, 0.5) is 19.3 Å². The molecule has 0 aromatic heterocycles. The average Bonchev–Trinajstić information content (AvgIpc) is 2.85. The molecule has 0 atom stereocenters. The Balaban J connectivity index is 1.73. The quantitative estimate of drug-likeness (QED) is 0.605. The Bertz CT molecular complexity index is 1010. The number of nitrogens with one attached hydrogen (secondary N) is 2. The molecule has 1 aliphatic heterocycles. The minimum Gasteiger partial charge on any atom is -0.322 e. The molecule has 8 nitrogen and oxygen atoms in total. The van der Waals surface area contributed by atoms with E-state index >= 15 is 0 Å². The Hall–Kier alpha value is -3.24. The topological polar surface area (TPSA) is 85.0 Å². The zero-order valence-corrected chi connectivity index (χ0v) is 19.4. The van der Waals surface area contributed by atoms with Crippen LogP contribution < -0.4 is 15.8 Å². The summed E-state index contributed by atoms with van der Waals surface area (Å²) in [6, 6.07) is 13.2. The maximum Gasteiger partial charge on any atom is 0.324 e. The van der Waals surface area contributed by atoms with Gasteiger partial charge in [-0.15, -0.1) is 0 Å². The number of piperazine rings is 1. The molecular weight excluding hydrogens is 468 g/mol. The number of amides is 4. The standard InChI is InChI=1S/C23H26ClF2N5O3/c1-2-29-10-12-30(13-11-29)23(34)31(19-5-3-4-18(24)14-19)15-16-6-8-17(9-7-16)21(32)27-28-22(33)20(25)26/h3-9,14,20H,2,10-13,15H2,1H3,(H,27,32)(H,28,33). The number of carbonyl (C=O) groups is 3. The lowest BCUT2D eigenvalue weighted by molar-refractivity contribution is -0.132. The number of nitrogens with zero attached hydrogens (tertiary/aromatic N) is 3. The highest BCUT2D eigenvalue weighted by Gasteiger charge is 2.26. The van der Waals surface area contributed by atoms with Gasteiger partial charge in [0.25, 0.3) is 5.91 Å². The predicted molar refractivity (Wildman–Crippen MR) is 125 cm³/mol. The van der Waals surface area contributed by atoms with Crippen LogP contribution in [0, 0.1) is 0 Å². The van der Waals surface area contributed by atoms with E-state index < -0.39 is 18.2 Å². The highest BCUT2D eigenvalue weighted by atomic mass is 35.5. The molecule has 0 radical (unpaired) electrons. The van der Waals surface area contributed by atoms with Crippen molar-refractivity contribution in [3.63, 3.8) is 0 Å². The van der Waals surface area contributed by atoms with Crippen molar-refractivity contribution in [2.45, 2.75) is 19.9 Å². The van der Waals surface area contributed by atoms with Gasteiger partial charge in [-0.3, -0.25) is 25.3 Å². The Morgan fingerprint density at radius 1 is 1.03 bits per heavy atom. The SMILES string of the molecule is CCN1CCN(C(=O)N(Cc2ccc(C(=O)NNC(=O)C(F)F)cc2)c2cccc(Cl)c2)CC1. The molecular formula is C23H26ClF2N5O3. The van der Waals surface area contributed by atoms with Crippen molar-refractivity contribution in [2.24, 2.45) is 0 Å². The Labute approximate surface area is 201 Å². The molecule has 3 rings (SSSR count). The van der Waals surface area contributed by atoms with E-state index in [9.17, 15) is 23.2 Å². The van der Waals surface area contributed by atoms with Crippen molar-refractivity contribution in [2.75, 3.05) is 37.6 Å². The lowest BCUT2D eigenvalue weighted by Crippen LogP contribution is -2.52. The number of benzene rings is 2. The van der Waals surface area contributed by atoms with Gasteiger partial charge in [-0.05, 0) is 42.4 Å². The van der Waals surface area contributed by atoms with Crippen LogP contribution >= 0.6 is 11.6 Å². The van der Waals surface area contributed by atoms with E-state index in [1.165, 1.54) is 12.1 Å². The minimum atomic E-state index is -3.23. The fourth-order valence-electron chi connectivity index (χ4n) is 3.53. The van der Waals surface area contributed by atoms with E-state index in [4.69, 9.17) is 11.6 Å². The van der Waals surface area contributed by atoms with Gasteiger partial charge in [0.05, 0.1) is 6.54 Å². The van der Waals surface area contributed by atoms with Crippen molar-refractivity contribution in [3.8, 4) is 0 Å². The Morgan fingerprint density at radius 2 is 1.71 bits per heavy atom. The minimum absolute atomic E-state index is 0.144. The van der Waals surface area contributed by atoms with Crippen LogP contribution in [0.5, 0.6) is 0 Å². The van der Waals surface area contributed by atoms with Crippen LogP contribution in [0.1, 0.15) is 22.8 Å². The second-order valence-electron chi connectivity index (χ2n) is 7.71. The van der Waals surface area contributed by atoms with Crippen LogP contribution in [0.2, 0.25) is 5.02 Å². The van der Waals surface area contributed by atoms with Crippen molar-refractivity contribution < 1.29 is 23.2 Å². The summed E-state index contributed by atoms with van der Waals surface area (Å²) in [6.07, 6.45) is -3.23. The van der Waals surface area contributed by atoms with Crippen molar-refractivity contribution in [3.05, 3.63) is 64.7 Å². The van der Waals surface area contributed by atoms with E-state index in [0.29, 0.717) is 23.8 Å². The molecule has 0 spiro atoms. The molecule has 0 unspecified atom stereocenters. The van der Waals surface area contributed by atoms with E-state index in [1.54, 1.807) is 51.6 Å². The second-order valence-corrected chi connectivity index (χ2v) is 8.15. The van der Waals surface area contributed by atoms with Gasteiger partial charge < -0.3 is 9.80 Å². The van der Waals surface area contributed by atoms with Crippen LogP contribution in [0.25, 0.3) is 0 Å². The lowest BCUT2D eigenvalue weighted by atomic mass is 10.1. The van der Waals surface area contributed by atoms with Gasteiger partial charge in [0.2, 0.25) is 0 Å². The first-order chi connectivity index (χ1) is 16.3. The molecule has 4 amide bonds. The molecule has 11 heteroatoms. The molecule has 1 fully saturated rings. The second kappa shape index (κ2) is 11.8. The van der Waals surface area contributed by atoms with Crippen LogP contribution in [-0.4, -0.2) is 66.8 Å². The number of anilines is 1. The van der Waals surface area contributed by atoms with Crippen molar-refractivity contribution in [1.29, 1.82) is 0 Å². The zero-order valence-electron chi connectivity index (χ0n) is 18.6. The number of hydrazine groups is 1. The number of hydrogen-bond acceptors (Lipinski definition) is 4. The Kier molecular flexibility index (Phi) is 8.78. The lowest BCUT2D eigenvalue weighted by Gasteiger charge is -2.37. The number of urea groups is 1. The number of hydrogen-bond donors (Lipinski definition) is 2. The van der Waals surface area contributed by atoms with Gasteiger partial charge in [-0.1, -0.05) is 36.7 Å². The molecule has 2 aromatic rings. The first-order valence-corrected chi connectivity index (χ1v) is 11.2. The summed E-state index contributed by atoms with van der Waals surface area (Å²) >= 11 is 6.17. The summed E-state index contributed by atoms with van der Waals surface area (Å²) in [5, 5.41) is 0.504. The largest absolute Gasteiger partial charge is 0.324 e. The molecule has 0 saturated carbocycles. The Morgan fingerprint density at radius 3 is 2.29 bits per heavy atom. The fourth-order valence-corrected chi connectivity index (χ4v) is 3.71. The summed E-state index contributed by atoms with van der Waals surface area (Å²) < 4.78 is 24.5. The van der Waals surface area contributed by atoms with Gasteiger partial charge in [0.15, 0.2) is 0 Å². The summed E-state index contributed by atoms with van der Waals surface area (Å²) in [7, 11) is 0. The number of likely N-dealkylation sites (N-methyl/N-ethyl adjacent to an activating group) is 1. The number of halogens is 3. The van der Waals surface area contributed by atoms with Gasteiger partial charge in [0, 0.05) is 42.5 Å². The normalized spacial score (nSPS) is 14.1. The van der Waals surface area contributed by atoms with Gasteiger partial charge >= 0.3 is 18.4 Å². The summed E-state index contributed by atoms with van der Waals surface area (Å²) in [5.74, 6) is -2.34. The molecule has 34 heavy (non-hydrogen) atoms. The molecule has 2 N–H and O–H groups in total. The first kappa shape index (κ1) is 25.4. The highest BCUT2D eigenvalue weighted by Crippen LogP contribution is 2.23. The predicted octanol–water partition coefficient (Wildman–Crippen LogP) is 3.13. The number of carbonyl (C=O) groups excluding carboxylic acids is 3. The highest BCUT2D eigenvalue weighted by molar-refractivity contribution is 6.30. The molecule has 1 heterocycles. The van der Waals surface area contributed by atoms with Gasteiger partial charge in [-0.25, -0.2) is 4.79 Å². The monoisotopic (exact) mass is 493 g/mol. The molecule has 0 bridgehead atoms. The third kappa shape index (κ3) is 6.64. The first-order valence-electron chi connectivity index (χ1n) is 10.8. The molecule has 1 saturated heterocycles. The van der Waals surface area contributed by atoms with E-state index in [2.05, 4.69) is 11.8 Å². The average molecular weight is 494 g/mol. The van der Waals surface area contributed by atoms with Crippen molar-refractivity contribution in [1.82, 2.24) is 20.7 Å². The van der Waals surface area contributed by atoms with Crippen LogP contribution in [-0.2, 0) is 11.3 Å². The van der Waals surface area contributed by atoms with Crippen LogP contribution in [0.3, 0.4) is 0 Å². The van der Waals surface area contributed by atoms with E-state index in [0.717, 1.165) is 25.2 Å². The number of rotatable bonds is 6. The van der Waals surface area contributed by atoms with Gasteiger partial charge in [0.1, 0.15) is 0 Å². The summed E-state index contributed by atoms with van der Waals surface area (Å²) in [6.45, 7) is 6.10. The molecule has 0 aliphatic carbocycles. The zero-order chi connectivity index (χ0) is 24.7. The third-order valence-corrected chi connectivity index (χ3v) is 5.73. The fraction of sp³-hybridized carbons (Fsp3) is 0.348. The van der Waals surface area contributed by atoms with E-state index in [-0.39, 0.29) is 18.1 Å².